The highest BCUT2D eigenvalue weighted by Crippen LogP contribution is 2.18. The lowest BCUT2D eigenvalue weighted by Gasteiger charge is -2.08. The second-order valence-electron chi connectivity index (χ2n) is 5.11. The maximum absolute atomic E-state index is 12.0. The second-order valence-corrected chi connectivity index (χ2v) is 5.11. The first-order chi connectivity index (χ1) is 10.8. The van der Waals surface area contributed by atoms with Crippen LogP contribution in [0.2, 0.25) is 0 Å². The summed E-state index contributed by atoms with van der Waals surface area (Å²) in [6.45, 7) is 0.363. The molecule has 3 rings (SSSR count). The van der Waals surface area contributed by atoms with E-state index in [1.54, 1.807) is 0 Å². The van der Waals surface area contributed by atoms with Gasteiger partial charge in [-0.15, -0.1) is 0 Å². The van der Waals surface area contributed by atoms with Crippen LogP contribution in [0.5, 0.6) is 0 Å². The Morgan fingerprint density at radius 1 is 0.864 bits per heavy atom. The normalized spacial score (nSPS) is 10.5. The molecular weight excluding hydrogens is 274 g/mol. The summed E-state index contributed by atoms with van der Waals surface area (Å²) in [4.78, 5) is 17.3. The summed E-state index contributed by atoms with van der Waals surface area (Å²) in [5.41, 5.74) is 4.53. The van der Waals surface area contributed by atoms with Crippen molar-refractivity contribution in [3.8, 4) is 0 Å². The third-order valence-corrected chi connectivity index (χ3v) is 3.50. The molecule has 3 aromatic rings. The summed E-state index contributed by atoms with van der Waals surface area (Å²) in [5, 5.41) is 2.24. The van der Waals surface area contributed by atoms with Crippen molar-refractivity contribution < 1.29 is 9.63 Å². The summed E-state index contributed by atoms with van der Waals surface area (Å²) in [7, 11) is 0. The van der Waals surface area contributed by atoms with E-state index in [0.717, 1.165) is 21.9 Å². The lowest BCUT2D eigenvalue weighted by Crippen LogP contribution is -2.25. The number of carbonyl (C=O) groups excluding carboxylic acids is 1. The molecule has 0 radical (unpaired) electrons. The molecule has 0 saturated heterocycles. The number of rotatable bonds is 5. The molecule has 0 bridgehead atoms. The molecule has 0 spiro atoms. The first-order valence-corrected chi connectivity index (χ1v) is 7.24. The molecular formula is C19H17NO2. The SMILES string of the molecule is O=C(Cc1cccc2ccccc12)NOCc1ccccc1. The molecule has 0 fully saturated rings. The van der Waals surface area contributed by atoms with Crippen molar-refractivity contribution in [1.82, 2.24) is 5.48 Å². The van der Waals surface area contributed by atoms with Crippen LogP contribution in [0.3, 0.4) is 0 Å². The van der Waals surface area contributed by atoms with Crippen LogP contribution < -0.4 is 5.48 Å². The fourth-order valence-electron chi connectivity index (χ4n) is 2.43. The maximum Gasteiger partial charge on any atom is 0.247 e. The maximum atomic E-state index is 12.0. The van der Waals surface area contributed by atoms with Crippen molar-refractivity contribution in [1.29, 1.82) is 0 Å². The van der Waals surface area contributed by atoms with E-state index in [1.165, 1.54) is 0 Å². The average Bonchev–Trinajstić information content (AvgIpc) is 2.56. The van der Waals surface area contributed by atoms with E-state index in [4.69, 9.17) is 4.84 Å². The van der Waals surface area contributed by atoms with Gasteiger partial charge < -0.3 is 0 Å². The molecule has 0 unspecified atom stereocenters. The smallest absolute Gasteiger partial charge is 0.247 e. The van der Waals surface area contributed by atoms with E-state index in [1.807, 2.05) is 72.8 Å². The fraction of sp³-hybridized carbons (Fsp3) is 0.105. The number of fused-ring (bicyclic) bond motifs is 1. The van der Waals surface area contributed by atoms with E-state index >= 15 is 0 Å². The number of hydroxylamine groups is 1. The fourth-order valence-corrected chi connectivity index (χ4v) is 2.43. The minimum absolute atomic E-state index is 0.146. The Bertz CT molecular complexity index is 763. The molecule has 0 aliphatic rings. The quantitative estimate of drug-likeness (QED) is 0.729. The average molecular weight is 291 g/mol. The van der Waals surface area contributed by atoms with E-state index in [0.29, 0.717) is 13.0 Å². The van der Waals surface area contributed by atoms with E-state index in [9.17, 15) is 4.79 Å². The molecule has 1 amide bonds. The van der Waals surface area contributed by atoms with Gasteiger partial charge in [0, 0.05) is 0 Å². The van der Waals surface area contributed by atoms with Gasteiger partial charge in [-0.25, -0.2) is 5.48 Å². The van der Waals surface area contributed by atoms with Crippen LogP contribution in [0.25, 0.3) is 10.8 Å². The molecule has 1 N–H and O–H groups in total. The van der Waals surface area contributed by atoms with Gasteiger partial charge >= 0.3 is 0 Å². The van der Waals surface area contributed by atoms with Crippen molar-refractivity contribution >= 4 is 16.7 Å². The summed E-state index contributed by atoms with van der Waals surface area (Å²) in [6, 6.07) is 23.8. The Hall–Kier alpha value is -2.65. The van der Waals surface area contributed by atoms with Gasteiger partial charge in [-0.2, -0.15) is 0 Å². The third-order valence-electron chi connectivity index (χ3n) is 3.50. The van der Waals surface area contributed by atoms with Crippen LogP contribution in [-0.2, 0) is 22.7 Å². The lowest BCUT2D eigenvalue weighted by molar-refractivity contribution is -0.133. The van der Waals surface area contributed by atoms with Gasteiger partial charge in [0.25, 0.3) is 0 Å². The largest absolute Gasteiger partial charge is 0.272 e. The number of amides is 1. The highest BCUT2D eigenvalue weighted by molar-refractivity contribution is 5.89. The zero-order valence-corrected chi connectivity index (χ0v) is 12.2. The van der Waals surface area contributed by atoms with Crippen molar-refractivity contribution in [2.75, 3.05) is 0 Å². The van der Waals surface area contributed by atoms with Crippen LogP contribution in [0.1, 0.15) is 11.1 Å². The van der Waals surface area contributed by atoms with Gasteiger partial charge in [0.1, 0.15) is 0 Å². The zero-order valence-electron chi connectivity index (χ0n) is 12.2. The predicted molar refractivity (Wildman–Crippen MR) is 87.0 cm³/mol. The number of nitrogens with one attached hydrogen (secondary N) is 1. The zero-order chi connectivity index (χ0) is 15.2. The summed E-state index contributed by atoms with van der Waals surface area (Å²) in [6.07, 6.45) is 0.302. The molecule has 0 atom stereocenters. The van der Waals surface area contributed by atoms with E-state index in [-0.39, 0.29) is 5.91 Å². The molecule has 110 valence electrons. The van der Waals surface area contributed by atoms with Gasteiger partial charge in [-0.1, -0.05) is 72.8 Å². The number of carbonyl (C=O) groups is 1. The van der Waals surface area contributed by atoms with Crippen LogP contribution in [0, 0.1) is 0 Å². The summed E-state index contributed by atoms with van der Waals surface area (Å²) < 4.78 is 0. The molecule has 0 saturated carbocycles. The molecule has 3 aromatic carbocycles. The third kappa shape index (κ3) is 3.51. The highest BCUT2D eigenvalue weighted by Gasteiger charge is 2.06. The molecule has 0 aromatic heterocycles. The van der Waals surface area contributed by atoms with Crippen molar-refractivity contribution in [2.24, 2.45) is 0 Å². The number of benzene rings is 3. The Labute approximate surface area is 129 Å². The van der Waals surface area contributed by atoms with Crippen LogP contribution in [-0.4, -0.2) is 5.91 Å². The lowest BCUT2D eigenvalue weighted by atomic mass is 10.0. The second kappa shape index (κ2) is 6.87. The van der Waals surface area contributed by atoms with Gasteiger partial charge in [-0.3, -0.25) is 9.63 Å². The molecule has 0 heterocycles. The van der Waals surface area contributed by atoms with Crippen LogP contribution in [0.4, 0.5) is 0 Å². The molecule has 22 heavy (non-hydrogen) atoms. The Kier molecular flexibility index (Phi) is 4.47. The van der Waals surface area contributed by atoms with Gasteiger partial charge in [-0.05, 0) is 21.9 Å². The van der Waals surface area contributed by atoms with Gasteiger partial charge in [0.15, 0.2) is 0 Å². The topological polar surface area (TPSA) is 38.3 Å². The Morgan fingerprint density at radius 2 is 1.59 bits per heavy atom. The highest BCUT2D eigenvalue weighted by atomic mass is 16.6. The molecule has 3 nitrogen and oxygen atoms in total. The standard InChI is InChI=1S/C19H17NO2/c21-19(20-22-14-15-7-2-1-3-8-15)13-17-11-6-10-16-9-4-5-12-18(16)17/h1-12H,13-14H2,(H,20,21). The molecule has 0 aliphatic carbocycles. The first kappa shape index (κ1) is 14.3. The van der Waals surface area contributed by atoms with Crippen molar-refractivity contribution in [2.45, 2.75) is 13.0 Å². The van der Waals surface area contributed by atoms with Gasteiger partial charge in [0.05, 0.1) is 13.0 Å². The van der Waals surface area contributed by atoms with Crippen LogP contribution >= 0.6 is 0 Å². The predicted octanol–water partition coefficient (Wildman–Crippen LogP) is 3.63. The van der Waals surface area contributed by atoms with E-state index < -0.39 is 0 Å². The minimum Gasteiger partial charge on any atom is -0.272 e. The van der Waals surface area contributed by atoms with Crippen molar-refractivity contribution in [3.63, 3.8) is 0 Å². The molecule has 3 heteroatoms. The monoisotopic (exact) mass is 291 g/mol. The number of hydrogen-bond acceptors (Lipinski definition) is 2. The Balaban J connectivity index is 1.59. The van der Waals surface area contributed by atoms with Crippen molar-refractivity contribution in [3.05, 3.63) is 83.9 Å². The summed E-state index contributed by atoms with van der Waals surface area (Å²) >= 11 is 0. The summed E-state index contributed by atoms with van der Waals surface area (Å²) in [5.74, 6) is -0.146. The van der Waals surface area contributed by atoms with Gasteiger partial charge in [0.2, 0.25) is 5.91 Å². The number of hydrogen-bond donors (Lipinski definition) is 1. The van der Waals surface area contributed by atoms with Crippen LogP contribution in [0.15, 0.2) is 72.8 Å². The van der Waals surface area contributed by atoms with E-state index in [2.05, 4.69) is 5.48 Å². The molecule has 0 aliphatic heterocycles. The first-order valence-electron chi connectivity index (χ1n) is 7.24. The minimum atomic E-state index is -0.146. The Morgan fingerprint density at radius 3 is 2.45 bits per heavy atom.